The van der Waals surface area contributed by atoms with E-state index in [2.05, 4.69) is 0 Å². The maximum atomic E-state index is 13.2. The molecule has 5 rings (SSSR count). The molecule has 0 radical (unpaired) electrons. The van der Waals surface area contributed by atoms with Gasteiger partial charge in [-0.1, -0.05) is 25.1 Å². The summed E-state index contributed by atoms with van der Waals surface area (Å²) < 4.78 is 6.77. The van der Waals surface area contributed by atoms with Crippen molar-refractivity contribution in [3.8, 4) is 0 Å². The minimum Gasteiger partial charge on any atom is -0.458 e. The first-order valence-electron chi connectivity index (χ1n) is 9.47. The number of pyridine rings is 1. The summed E-state index contributed by atoms with van der Waals surface area (Å²) in [5.41, 5.74) is 1.12. The largest absolute Gasteiger partial charge is 0.458 e. The third kappa shape index (κ3) is 2.05. The Bertz CT molecular complexity index is 1070. The number of esters is 1. The quantitative estimate of drug-likeness (QED) is 0.628. The summed E-state index contributed by atoms with van der Waals surface area (Å²) in [6.07, 6.45) is 1.66. The minimum atomic E-state index is -1.83. The first-order valence-corrected chi connectivity index (χ1v) is 9.47. The van der Waals surface area contributed by atoms with Crippen LogP contribution in [0.3, 0.4) is 0 Å². The van der Waals surface area contributed by atoms with Gasteiger partial charge in [0.25, 0.3) is 5.56 Å². The summed E-state index contributed by atoms with van der Waals surface area (Å²) in [6.45, 7) is 2.03. The molecule has 0 aliphatic carbocycles. The van der Waals surface area contributed by atoms with Gasteiger partial charge in [-0.05, 0) is 30.5 Å². The number of carbonyl (C=O) groups is 2. The topological polar surface area (TPSA) is 88.8 Å². The first kappa shape index (κ1) is 17.2. The number of hydrogen-bond donors (Lipinski definition) is 1. The smallest absolute Gasteiger partial charge is 0.343 e. The van der Waals surface area contributed by atoms with Gasteiger partial charge in [0.15, 0.2) is 5.60 Å². The molecule has 7 nitrogen and oxygen atoms in total. The molecule has 0 saturated carbocycles. The van der Waals surface area contributed by atoms with E-state index in [0.29, 0.717) is 23.4 Å². The van der Waals surface area contributed by atoms with Gasteiger partial charge in [-0.2, -0.15) is 0 Å². The van der Waals surface area contributed by atoms with Crippen molar-refractivity contribution in [3.63, 3.8) is 0 Å². The number of ether oxygens (including phenoxy) is 1. The molecule has 3 aliphatic heterocycles. The van der Waals surface area contributed by atoms with Gasteiger partial charge in [0.05, 0.1) is 11.6 Å². The SMILES string of the molecule is CCC1(O)C(=O)OCc2c1cc1n(c2=O)CC2Cc3ccccc3N(C=O)C12. The molecule has 28 heavy (non-hydrogen) atoms. The summed E-state index contributed by atoms with van der Waals surface area (Å²) >= 11 is 0. The molecule has 4 heterocycles. The van der Waals surface area contributed by atoms with Crippen LogP contribution in [0.5, 0.6) is 0 Å². The van der Waals surface area contributed by atoms with Gasteiger partial charge in [-0.15, -0.1) is 0 Å². The fourth-order valence-electron chi connectivity index (χ4n) is 4.96. The van der Waals surface area contributed by atoms with Crippen LogP contribution >= 0.6 is 0 Å². The normalized spacial score (nSPS) is 27.4. The second-order valence-corrected chi connectivity index (χ2v) is 7.72. The van der Waals surface area contributed by atoms with Crippen LogP contribution < -0.4 is 10.5 Å². The number of amides is 1. The number of rotatable bonds is 2. The molecule has 3 atom stereocenters. The molecule has 2 aromatic rings. The molecule has 3 unspecified atom stereocenters. The van der Waals surface area contributed by atoms with Crippen molar-refractivity contribution in [2.45, 2.75) is 44.6 Å². The predicted molar refractivity (Wildman–Crippen MR) is 99.6 cm³/mol. The molecule has 1 aromatic heterocycles. The zero-order chi connectivity index (χ0) is 19.6. The molecule has 0 fully saturated rings. The van der Waals surface area contributed by atoms with Gasteiger partial charge in [-0.3, -0.25) is 9.59 Å². The number of para-hydroxylation sites is 1. The Hall–Kier alpha value is -2.93. The number of aliphatic hydroxyl groups is 1. The Kier molecular flexibility index (Phi) is 3.55. The lowest BCUT2D eigenvalue weighted by Crippen LogP contribution is -2.44. The van der Waals surface area contributed by atoms with Crippen molar-refractivity contribution in [3.05, 3.63) is 63.1 Å². The Balaban J connectivity index is 1.73. The van der Waals surface area contributed by atoms with Crippen molar-refractivity contribution < 1.29 is 19.4 Å². The van der Waals surface area contributed by atoms with E-state index < -0.39 is 11.6 Å². The maximum Gasteiger partial charge on any atom is 0.343 e. The number of carbonyl (C=O) groups excluding carboxylic acids is 2. The number of cyclic esters (lactones) is 1. The molecule has 0 spiro atoms. The number of nitrogens with zero attached hydrogens (tertiary/aromatic N) is 2. The summed E-state index contributed by atoms with van der Waals surface area (Å²) in [5.74, 6) is -0.675. The third-order valence-corrected chi connectivity index (χ3v) is 6.41. The van der Waals surface area contributed by atoms with Crippen molar-refractivity contribution in [2.75, 3.05) is 4.90 Å². The van der Waals surface area contributed by atoms with Crippen LogP contribution in [0, 0.1) is 5.92 Å². The summed E-state index contributed by atoms with van der Waals surface area (Å²) in [4.78, 5) is 39.1. The fourth-order valence-corrected chi connectivity index (χ4v) is 4.96. The molecule has 1 aromatic carbocycles. The number of aromatic nitrogens is 1. The highest BCUT2D eigenvalue weighted by molar-refractivity contribution is 5.83. The van der Waals surface area contributed by atoms with Crippen molar-refractivity contribution in [2.24, 2.45) is 5.92 Å². The van der Waals surface area contributed by atoms with E-state index in [1.165, 1.54) is 0 Å². The number of benzene rings is 1. The molecule has 1 amide bonds. The zero-order valence-corrected chi connectivity index (χ0v) is 15.4. The van der Waals surface area contributed by atoms with Crippen molar-refractivity contribution in [1.82, 2.24) is 4.57 Å². The van der Waals surface area contributed by atoms with Crippen molar-refractivity contribution >= 4 is 18.1 Å². The van der Waals surface area contributed by atoms with E-state index in [-0.39, 0.29) is 30.5 Å². The third-order valence-electron chi connectivity index (χ3n) is 6.41. The van der Waals surface area contributed by atoms with Crippen LogP contribution in [-0.2, 0) is 39.5 Å². The van der Waals surface area contributed by atoms with E-state index in [9.17, 15) is 19.5 Å². The molecule has 0 saturated heterocycles. The molecule has 7 heteroatoms. The van der Waals surface area contributed by atoms with Gasteiger partial charge >= 0.3 is 5.97 Å². The monoisotopic (exact) mass is 380 g/mol. The van der Waals surface area contributed by atoms with Gasteiger partial charge < -0.3 is 19.3 Å². The molecule has 0 bridgehead atoms. The van der Waals surface area contributed by atoms with E-state index >= 15 is 0 Å². The summed E-state index contributed by atoms with van der Waals surface area (Å²) in [5, 5.41) is 10.9. The first-order chi connectivity index (χ1) is 13.5. The lowest BCUT2D eigenvalue weighted by molar-refractivity contribution is -0.172. The average molecular weight is 380 g/mol. The molecule has 3 aliphatic rings. The van der Waals surface area contributed by atoms with Gasteiger partial charge in [0.1, 0.15) is 6.61 Å². The maximum absolute atomic E-state index is 13.2. The summed E-state index contributed by atoms with van der Waals surface area (Å²) in [7, 11) is 0. The van der Waals surface area contributed by atoms with E-state index in [4.69, 9.17) is 4.74 Å². The highest BCUT2D eigenvalue weighted by Gasteiger charge is 2.48. The Morgan fingerprint density at radius 3 is 2.86 bits per heavy atom. The van der Waals surface area contributed by atoms with Gasteiger partial charge in [-0.25, -0.2) is 4.79 Å². The Labute approximate surface area is 161 Å². The standard InChI is InChI=1S/C21H20N2O5/c1-2-21(27)15-8-17-18-13(7-12-5-3-4-6-16(12)23(18)11-24)9-22(17)19(25)14(15)10-28-20(21)26/h3-6,8,11,13,18,27H,2,7,9-10H2,1H3. The fraction of sp³-hybridized carbons (Fsp3) is 0.381. The van der Waals surface area contributed by atoms with Crippen LogP contribution in [-0.4, -0.2) is 22.1 Å². The van der Waals surface area contributed by atoms with Crippen molar-refractivity contribution in [1.29, 1.82) is 0 Å². The second-order valence-electron chi connectivity index (χ2n) is 7.72. The Morgan fingerprint density at radius 2 is 2.11 bits per heavy atom. The highest BCUT2D eigenvalue weighted by Crippen LogP contribution is 2.46. The van der Waals surface area contributed by atoms with Crippen LogP contribution in [0.15, 0.2) is 35.1 Å². The van der Waals surface area contributed by atoms with E-state index in [1.807, 2.05) is 24.3 Å². The van der Waals surface area contributed by atoms with E-state index in [1.54, 1.807) is 22.5 Å². The lowest BCUT2D eigenvalue weighted by atomic mass is 9.83. The zero-order valence-electron chi connectivity index (χ0n) is 15.4. The number of hydrogen-bond acceptors (Lipinski definition) is 5. The average Bonchev–Trinajstić information content (AvgIpc) is 3.08. The van der Waals surface area contributed by atoms with Crippen LogP contribution in [0.2, 0.25) is 0 Å². The Morgan fingerprint density at radius 1 is 1.32 bits per heavy atom. The van der Waals surface area contributed by atoms with Crippen LogP contribution in [0.4, 0.5) is 5.69 Å². The van der Waals surface area contributed by atoms with Crippen LogP contribution in [0.25, 0.3) is 0 Å². The molecule has 1 N–H and O–H groups in total. The van der Waals surface area contributed by atoms with Gasteiger partial charge in [0.2, 0.25) is 6.41 Å². The number of fused-ring (bicyclic) bond motifs is 5. The van der Waals surface area contributed by atoms with Crippen LogP contribution in [0.1, 0.15) is 41.8 Å². The van der Waals surface area contributed by atoms with E-state index in [0.717, 1.165) is 24.1 Å². The molecular weight excluding hydrogens is 360 g/mol. The lowest BCUT2D eigenvalue weighted by Gasteiger charge is -2.37. The highest BCUT2D eigenvalue weighted by atomic mass is 16.6. The number of anilines is 1. The van der Waals surface area contributed by atoms with Gasteiger partial charge in [0, 0.05) is 29.4 Å². The predicted octanol–water partition coefficient (Wildman–Crippen LogP) is 1.39. The summed E-state index contributed by atoms with van der Waals surface area (Å²) in [6, 6.07) is 9.16. The molecular formula is C21H20N2O5. The molecule has 144 valence electrons. The second kappa shape index (κ2) is 5.78. The minimum absolute atomic E-state index is 0.0583.